The SMILES string of the molecule is [N-]=[N+]=Nc1ccc(N)cc1Cl. The van der Waals surface area contributed by atoms with Gasteiger partial charge in [-0.1, -0.05) is 16.7 Å². The average Bonchev–Trinajstić information content (AvgIpc) is 1.95. The topological polar surface area (TPSA) is 74.8 Å². The van der Waals surface area contributed by atoms with E-state index in [0.717, 1.165) is 0 Å². The van der Waals surface area contributed by atoms with Gasteiger partial charge >= 0.3 is 0 Å². The van der Waals surface area contributed by atoms with Crippen LogP contribution in [0.2, 0.25) is 5.02 Å². The number of benzene rings is 1. The van der Waals surface area contributed by atoms with Crippen LogP contribution in [0.3, 0.4) is 0 Å². The smallest absolute Gasteiger partial charge is 0.0563 e. The third-order valence-corrected chi connectivity index (χ3v) is 1.43. The summed E-state index contributed by atoms with van der Waals surface area (Å²) in [6.07, 6.45) is 0. The molecule has 1 aromatic rings. The number of rotatable bonds is 1. The number of nitrogens with zero attached hydrogens (tertiary/aromatic N) is 3. The van der Waals surface area contributed by atoms with Crippen LogP contribution in [0.4, 0.5) is 11.4 Å². The number of anilines is 1. The van der Waals surface area contributed by atoms with E-state index >= 15 is 0 Å². The van der Waals surface area contributed by atoms with Crippen LogP contribution in [-0.4, -0.2) is 0 Å². The third kappa shape index (κ3) is 1.77. The number of hydrogen-bond acceptors (Lipinski definition) is 2. The molecule has 56 valence electrons. The Morgan fingerprint density at radius 3 is 2.82 bits per heavy atom. The van der Waals surface area contributed by atoms with E-state index in [9.17, 15) is 0 Å². The first kappa shape index (κ1) is 7.72. The second kappa shape index (κ2) is 3.14. The van der Waals surface area contributed by atoms with Gasteiger partial charge in [-0.25, -0.2) is 0 Å². The molecule has 2 N–H and O–H groups in total. The molecule has 0 aliphatic heterocycles. The lowest BCUT2D eigenvalue weighted by Gasteiger charge is -1.96. The van der Waals surface area contributed by atoms with Gasteiger partial charge in [-0.2, -0.15) is 0 Å². The van der Waals surface area contributed by atoms with Crippen molar-refractivity contribution in [2.24, 2.45) is 5.11 Å². The highest BCUT2D eigenvalue weighted by atomic mass is 35.5. The molecule has 0 aliphatic carbocycles. The van der Waals surface area contributed by atoms with Crippen LogP contribution in [0.1, 0.15) is 0 Å². The molecule has 0 radical (unpaired) electrons. The molecule has 0 spiro atoms. The maximum Gasteiger partial charge on any atom is 0.0563 e. The molecular formula is C6H5ClN4. The molecule has 11 heavy (non-hydrogen) atoms. The first-order valence-electron chi connectivity index (χ1n) is 2.84. The Hall–Kier alpha value is -1.38. The summed E-state index contributed by atoms with van der Waals surface area (Å²) in [4.78, 5) is 2.60. The van der Waals surface area contributed by atoms with Crippen molar-refractivity contribution < 1.29 is 0 Å². The van der Waals surface area contributed by atoms with E-state index in [4.69, 9.17) is 22.9 Å². The van der Waals surface area contributed by atoms with Crippen LogP contribution in [0.25, 0.3) is 10.4 Å². The summed E-state index contributed by atoms with van der Waals surface area (Å²) in [6, 6.07) is 4.72. The molecule has 0 saturated carbocycles. The standard InChI is InChI=1S/C6H5ClN4/c7-5-3-4(8)1-2-6(5)10-11-9/h1-3H,8H2. The summed E-state index contributed by atoms with van der Waals surface area (Å²) in [7, 11) is 0. The van der Waals surface area contributed by atoms with Crippen molar-refractivity contribution in [3.05, 3.63) is 33.7 Å². The van der Waals surface area contributed by atoms with Crippen molar-refractivity contribution in [2.45, 2.75) is 0 Å². The zero-order valence-corrected chi connectivity index (χ0v) is 6.28. The molecule has 0 aliphatic rings. The highest BCUT2D eigenvalue weighted by molar-refractivity contribution is 6.33. The number of hydrogen-bond donors (Lipinski definition) is 1. The van der Waals surface area contributed by atoms with Gasteiger partial charge in [0.25, 0.3) is 0 Å². The lowest BCUT2D eigenvalue weighted by Crippen LogP contribution is -1.82. The summed E-state index contributed by atoms with van der Waals surface area (Å²) < 4.78 is 0. The zero-order chi connectivity index (χ0) is 8.27. The molecule has 0 bridgehead atoms. The highest BCUT2D eigenvalue weighted by Crippen LogP contribution is 2.26. The number of azide groups is 1. The predicted molar refractivity (Wildman–Crippen MR) is 44.7 cm³/mol. The molecular weight excluding hydrogens is 164 g/mol. The van der Waals surface area contributed by atoms with E-state index in [1.807, 2.05) is 0 Å². The fraction of sp³-hybridized carbons (Fsp3) is 0. The molecule has 0 amide bonds. The van der Waals surface area contributed by atoms with Crippen molar-refractivity contribution in [1.29, 1.82) is 0 Å². The number of halogens is 1. The molecule has 0 unspecified atom stereocenters. The van der Waals surface area contributed by atoms with Crippen LogP contribution >= 0.6 is 11.6 Å². The van der Waals surface area contributed by atoms with Gasteiger partial charge in [0.1, 0.15) is 0 Å². The van der Waals surface area contributed by atoms with E-state index in [-0.39, 0.29) is 0 Å². The van der Waals surface area contributed by atoms with E-state index in [2.05, 4.69) is 10.0 Å². The van der Waals surface area contributed by atoms with Crippen molar-refractivity contribution in [3.63, 3.8) is 0 Å². The van der Waals surface area contributed by atoms with Crippen LogP contribution in [0.5, 0.6) is 0 Å². The minimum atomic E-state index is 0.364. The van der Waals surface area contributed by atoms with E-state index in [0.29, 0.717) is 16.4 Å². The Labute approximate surface area is 68.2 Å². The Kier molecular flexibility index (Phi) is 2.21. The normalized spacial score (nSPS) is 8.82. The largest absolute Gasteiger partial charge is 0.399 e. The molecule has 0 heterocycles. The highest BCUT2D eigenvalue weighted by Gasteiger charge is 1.95. The minimum absolute atomic E-state index is 0.364. The van der Waals surface area contributed by atoms with Gasteiger partial charge in [-0.15, -0.1) is 0 Å². The third-order valence-electron chi connectivity index (χ3n) is 1.12. The summed E-state index contributed by atoms with van der Waals surface area (Å²) in [5, 5.41) is 3.70. The second-order valence-corrected chi connectivity index (χ2v) is 2.31. The van der Waals surface area contributed by atoms with Gasteiger partial charge in [-0.05, 0) is 23.7 Å². The summed E-state index contributed by atoms with van der Waals surface area (Å²) in [5.41, 5.74) is 14.4. The van der Waals surface area contributed by atoms with Crippen LogP contribution in [0.15, 0.2) is 23.3 Å². The molecule has 0 fully saturated rings. The molecule has 5 heteroatoms. The van der Waals surface area contributed by atoms with Crippen molar-refractivity contribution in [2.75, 3.05) is 5.73 Å². The summed E-state index contributed by atoms with van der Waals surface area (Å²) in [6.45, 7) is 0. The molecule has 0 aromatic heterocycles. The van der Waals surface area contributed by atoms with E-state index < -0.39 is 0 Å². The number of nitrogens with two attached hydrogens (primary N) is 1. The average molecular weight is 169 g/mol. The molecule has 1 aromatic carbocycles. The Bertz CT molecular complexity index is 316. The van der Waals surface area contributed by atoms with Gasteiger partial charge in [-0.3, -0.25) is 0 Å². The first-order chi connectivity index (χ1) is 5.24. The van der Waals surface area contributed by atoms with Gasteiger partial charge in [0.05, 0.1) is 10.7 Å². The van der Waals surface area contributed by atoms with Crippen molar-refractivity contribution in [3.8, 4) is 0 Å². The molecule has 4 nitrogen and oxygen atoms in total. The van der Waals surface area contributed by atoms with Crippen LogP contribution in [-0.2, 0) is 0 Å². The van der Waals surface area contributed by atoms with Crippen LogP contribution in [0, 0.1) is 0 Å². The fourth-order valence-corrected chi connectivity index (χ4v) is 0.879. The summed E-state index contributed by atoms with van der Waals surface area (Å²) in [5.74, 6) is 0. The second-order valence-electron chi connectivity index (χ2n) is 1.90. The quantitative estimate of drug-likeness (QED) is 0.298. The molecule has 1 rings (SSSR count). The molecule has 0 atom stereocenters. The molecule has 0 saturated heterocycles. The predicted octanol–water partition coefficient (Wildman–Crippen LogP) is 2.86. The maximum atomic E-state index is 8.08. The lowest BCUT2D eigenvalue weighted by atomic mass is 10.3. The monoisotopic (exact) mass is 168 g/mol. The zero-order valence-electron chi connectivity index (χ0n) is 5.53. The van der Waals surface area contributed by atoms with Crippen LogP contribution < -0.4 is 5.73 Å². The van der Waals surface area contributed by atoms with Gasteiger partial charge < -0.3 is 5.73 Å². The first-order valence-corrected chi connectivity index (χ1v) is 3.22. The van der Waals surface area contributed by atoms with E-state index in [1.54, 1.807) is 12.1 Å². The van der Waals surface area contributed by atoms with Crippen molar-refractivity contribution >= 4 is 23.0 Å². The lowest BCUT2D eigenvalue weighted by molar-refractivity contribution is 1.48. The fourth-order valence-electron chi connectivity index (χ4n) is 0.652. The van der Waals surface area contributed by atoms with Gasteiger partial charge in [0.15, 0.2) is 0 Å². The Morgan fingerprint density at radius 2 is 2.27 bits per heavy atom. The minimum Gasteiger partial charge on any atom is -0.399 e. The van der Waals surface area contributed by atoms with E-state index in [1.165, 1.54) is 6.07 Å². The van der Waals surface area contributed by atoms with Gasteiger partial charge in [0, 0.05) is 10.6 Å². The Morgan fingerprint density at radius 1 is 1.55 bits per heavy atom. The maximum absolute atomic E-state index is 8.08. The number of nitrogen functional groups attached to an aromatic ring is 1. The van der Waals surface area contributed by atoms with Gasteiger partial charge in [0.2, 0.25) is 0 Å². The van der Waals surface area contributed by atoms with Crippen molar-refractivity contribution in [1.82, 2.24) is 0 Å². The summed E-state index contributed by atoms with van der Waals surface area (Å²) >= 11 is 5.66. The Balaban J connectivity index is 3.19.